The van der Waals surface area contributed by atoms with Crippen LogP contribution in [0, 0.1) is 20.8 Å². The molecule has 1 aromatic heterocycles. The van der Waals surface area contributed by atoms with E-state index in [-0.39, 0.29) is 5.78 Å². The molecule has 0 N–H and O–H groups in total. The van der Waals surface area contributed by atoms with Crippen molar-refractivity contribution in [3.63, 3.8) is 0 Å². The van der Waals surface area contributed by atoms with Crippen molar-refractivity contribution in [3.8, 4) is 0 Å². The van der Waals surface area contributed by atoms with Gasteiger partial charge in [0.05, 0.1) is 6.26 Å². The van der Waals surface area contributed by atoms with Gasteiger partial charge in [0.2, 0.25) is 5.78 Å². The molecule has 0 fully saturated rings. The van der Waals surface area contributed by atoms with Gasteiger partial charge in [0.1, 0.15) is 0 Å². The summed E-state index contributed by atoms with van der Waals surface area (Å²) in [4.78, 5) is 12.2. The van der Waals surface area contributed by atoms with Gasteiger partial charge in [0, 0.05) is 5.56 Å². The predicted molar refractivity (Wildman–Crippen MR) is 62.8 cm³/mol. The quantitative estimate of drug-likeness (QED) is 0.717. The topological polar surface area (TPSA) is 30.2 Å². The molecule has 0 aliphatic heterocycles. The van der Waals surface area contributed by atoms with Crippen LogP contribution in [0.5, 0.6) is 0 Å². The lowest BCUT2D eigenvalue weighted by Crippen LogP contribution is -2.05. The van der Waals surface area contributed by atoms with Crippen LogP contribution in [-0.2, 0) is 0 Å². The van der Waals surface area contributed by atoms with Crippen molar-refractivity contribution in [3.05, 3.63) is 58.5 Å². The predicted octanol–water partition coefficient (Wildman–Crippen LogP) is 3.44. The van der Waals surface area contributed by atoms with E-state index in [9.17, 15) is 4.79 Å². The SMILES string of the molecule is Cc1cc(C)c(C(=O)c2ccco2)c(C)c1. The van der Waals surface area contributed by atoms with Gasteiger partial charge in [-0.2, -0.15) is 0 Å². The van der Waals surface area contributed by atoms with Gasteiger partial charge in [-0.05, 0) is 44.0 Å². The van der Waals surface area contributed by atoms with Crippen LogP contribution >= 0.6 is 0 Å². The fraction of sp³-hybridized carbons (Fsp3) is 0.214. The van der Waals surface area contributed by atoms with Gasteiger partial charge in [-0.25, -0.2) is 0 Å². The monoisotopic (exact) mass is 214 g/mol. The molecule has 0 atom stereocenters. The molecule has 0 saturated carbocycles. The third-order valence-electron chi connectivity index (χ3n) is 2.65. The van der Waals surface area contributed by atoms with Gasteiger partial charge >= 0.3 is 0 Å². The molecule has 1 heterocycles. The van der Waals surface area contributed by atoms with Crippen LogP contribution in [0.4, 0.5) is 0 Å². The van der Waals surface area contributed by atoms with Gasteiger partial charge in [-0.3, -0.25) is 4.79 Å². The zero-order valence-electron chi connectivity index (χ0n) is 9.70. The smallest absolute Gasteiger partial charge is 0.228 e. The third-order valence-corrected chi connectivity index (χ3v) is 2.65. The Kier molecular flexibility index (Phi) is 2.65. The van der Waals surface area contributed by atoms with Crippen molar-refractivity contribution in [1.82, 2.24) is 0 Å². The van der Waals surface area contributed by atoms with Crippen molar-refractivity contribution in [1.29, 1.82) is 0 Å². The Bertz CT molecular complexity index is 499. The summed E-state index contributed by atoms with van der Waals surface area (Å²) in [6.45, 7) is 5.94. The van der Waals surface area contributed by atoms with Crippen LogP contribution in [0.2, 0.25) is 0 Å². The Hall–Kier alpha value is -1.83. The molecule has 2 heteroatoms. The first-order valence-corrected chi connectivity index (χ1v) is 5.25. The van der Waals surface area contributed by atoms with Gasteiger partial charge in [-0.15, -0.1) is 0 Å². The summed E-state index contributed by atoms with van der Waals surface area (Å²) in [6, 6.07) is 7.46. The summed E-state index contributed by atoms with van der Waals surface area (Å²) in [5.74, 6) is 0.357. The van der Waals surface area contributed by atoms with Crippen molar-refractivity contribution >= 4 is 5.78 Å². The highest BCUT2D eigenvalue weighted by Crippen LogP contribution is 2.20. The van der Waals surface area contributed by atoms with Gasteiger partial charge in [0.25, 0.3) is 0 Å². The summed E-state index contributed by atoms with van der Waals surface area (Å²) in [7, 11) is 0. The normalized spacial score (nSPS) is 10.4. The Morgan fingerprint density at radius 2 is 1.75 bits per heavy atom. The molecule has 0 unspecified atom stereocenters. The van der Waals surface area contributed by atoms with Crippen LogP contribution in [0.25, 0.3) is 0 Å². The van der Waals surface area contributed by atoms with E-state index in [1.165, 1.54) is 11.8 Å². The average molecular weight is 214 g/mol. The Balaban J connectivity index is 2.53. The van der Waals surface area contributed by atoms with E-state index in [4.69, 9.17) is 4.42 Å². The average Bonchev–Trinajstić information content (AvgIpc) is 2.67. The number of aryl methyl sites for hydroxylation is 3. The van der Waals surface area contributed by atoms with Crippen LogP contribution in [0.15, 0.2) is 34.9 Å². The first kappa shape index (κ1) is 10.7. The molecule has 2 rings (SSSR count). The molecular weight excluding hydrogens is 200 g/mol. The number of carbonyl (C=O) groups is 1. The van der Waals surface area contributed by atoms with E-state index in [0.717, 1.165) is 16.7 Å². The molecule has 2 aromatic rings. The molecule has 82 valence electrons. The molecule has 0 bridgehead atoms. The maximum atomic E-state index is 12.2. The second-order valence-electron chi connectivity index (χ2n) is 4.08. The molecule has 0 radical (unpaired) electrons. The zero-order valence-corrected chi connectivity index (χ0v) is 9.70. The van der Waals surface area contributed by atoms with Crippen LogP contribution in [-0.4, -0.2) is 5.78 Å². The number of hydrogen-bond donors (Lipinski definition) is 0. The Labute approximate surface area is 94.9 Å². The largest absolute Gasteiger partial charge is 0.461 e. The minimum absolute atomic E-state index is 0.0417. The highest BCUT2D eigenvalue weighted by molar-refractivity contribution is 6.09. The summed E-state index contributed by atoms with van der Waals surface area (Å²) < 4.78 is 5.14. The second kappa shape index (κ2) is 3.97. The van der Waals surface area contributed by atoms with Crippen molar-refractivity contribution in [2.45, 2.75) is 20.8 Å². The van der Waals surface area contributed by atoms with Crippen molar-refractivity contribution in [2.24, 2.45) is 0 Å². The maximum absolute atomic E-state index is 12.2. The first-order chi connectivity index (χ1) is 7.59. The molecule has 0 saturated heterocycles. The summed E-state index contributed by atoms with van der Waals surface area (Å²) in [6.07, 6.45) is 1.52. The lowest BCUT2D eigenvalue weighted by atomic mass is 9.96. The lowest BCUT2D eigenvalue weighted by Gasteiger charge is -2.08. The molecular formula is C14H14O2. The van der Waals surface area contributed by atoms with Crippen molar-refractivity contribution < 1.29 is 9.21 Å². The van der Waals surface area contributed by atoms with Crippen LogP contribution in [0.3, 0.4) is 0 Å². The summed E-state index contributed by atoms with van der Waals surface area (Å²) in [5.41, 5.74) is 3.92. The number of furan rings is 1. The lowest BCUT2D eigenvalue weighted by molar-refractivity contribution is 0.101. The molecule has 0 amide bonds. The second-order valence-corrected chi connectivity index (χ2v) is 4.08. The van der Waals surface area contributed by atoms with E-state index < -0.39 is 0 Å². The number of ketones is 1. The Morgan fingerprint density at radius 3 is 2.25 bits per heavy atom. The Morgan fingerprint density at radius 1 is 1.12 bits per heavy atom. The van der Waals surface area contributed by atoms with Gasteiger partial charge in [0.15, 0.2) is 5.76 Å². The van der Waals surface area contributed by atoms with E-state index in [1.807, 2.05) is 32.9 Å². The number of rotatable bonds is 2. The van der Waals surface area contributed by atoms with E-state index >= 15 is 0 Å². The van der Waals surface area contributed by atoms with Gasteiger partial charge in [-0.1, -0.05) is 17.7 Å². The molecule has 16 heavy (non-hydrogen) atoms. The van der Waals surface area contributed by atoms with E-state index in [1.54, 1.807) is 12.1 Å². The highest BCUT2D eigenvalue weighted by Gasteiger charge is 2.16. The molecule has 0 aliphatic carbocycles. The third kappa shape index (κ3) is 1.78. The zero-order chi connectivity index (χ0) is 11.7. The minimum Gasteiger partial charge on any atom is -0.461 e. The number of hydrogen-bond acceptors (Lipinski definition) is 2. The summed E-state index contributed by atoms with van der Waals surface area (Å²) in [5, 5.41) is 0. The number of benzene rings is 1. The van der Waals surface area contributed by atoms with Crippen LogP contribution < -0.4 is 0 Å². The van der Waals surface area contributed by atoms with E-state index in [0.29, 0.717) is 5.76 Å². The molecule has 0 spiro atoms. The highest BCUT2D eigenvalue weighted by atomic mass is 16.3. The van der Waals surface area contributed by atoms with Crippen molar-refractivity contribution in [2.75, 3.05) is 0 Å². The first-order valence-electron chi connectivity index (χ1n) is 5.25. The minimum atomic E-state index is -0.0417. The standard InChI is InChI=1S/C14H14O2/c1-9-7-10(2)13(11(3)8-9)14(15)12-5-4-6-16-12/h4-8H,1-3H3. The number of carbonyl (C=O) groups excluding carboxylic acids is 1. The molecule has 1 aromatic carbocycles. The maximum Gasteiger partial charge on any atom is 0.228 e. The molecule has 2 nitrogen and oxygen atoms in total. The fourth-order valence-corrected chi connectivity index (χ4v) is 2.07. The molecule has 0 aliphatic rings. The fourth-order valence-electron chi connectivity index (χ4n) is 2.07. The summed E-state index contributed by atoms with van der Waals surface area (Å²) >= 11 is 0. The van der Waals surface area contributed by atoms with E-state index in [2.05, 4.69) is 0 Å². The van der Waals surface area contributed by atoms with Gasteiger partial charge < -0.3 is 4.42 Å². The van der Waals surface area contributed by atoms with Crippen LogP contribution in [0.1, 0.15) is 32.8 Å².